The van der Waals surface area contributed by atoms with Crippen LogP contribution in [0, 0.1) is 11.8 Å². The van der Waals surface area contributed by atoms with E-state index >= 15 is 0 Å². The molecule has 19 heavy (non-hydrogen) atoms. The number of thioether (sulfide) groups is 1. The molecule has 0 aromatic rings. The Bertz CT molecular complexity index is 272. The summed E-state index contributed by atoms with van der Waals surface area (Å²) in [6.07, 6.45) is 5.98. The molecular formula is C14H27ClN2OS. The van der Waals surface area contributed by atoms with E-state index in [9.17, 15) is 4.79 Å². The summed E-state index contributed by atoms with van der Waals surface area (Å²) in [5.74, 6) is 3.97. The van der Waals surface area contributed by atoms with Crippen LogP contribution in [0.1, 0.15) is 39.0 Å². The first-order valence-corrected chi connectivity index (χ1v) is 8.49. The van der Waals surface area contributed by atoms with Crippen LogP contribution in [0.5, 0.6) is 0 Å². The molecule has 2 N–H and O–H groups in total. The van der Waals surface area contributed by atoms with E-state index < -0.39 is 0 Å². The summed E-state index contributed by atoms with van der Waals surface area (Å²) >= 11 is 1.95. The van der Waals surface area contributed by atoms with Crippen molar-refractivity contribution in [2.45, 2.75) is 45.1 Å². The molecule has 3 atom stereocenters. The maximum absolute atomic E-state index is 11.9. The van der Waals surface area contributed by atoms with E-state index in [1.54, 1.807) is 0 Å². The number of hydrogen-bond acceptors (Lipinski definition) is 3. The van der Waals surface area contributed by atoms with Crippen LogP contribution in [0.4, 0.5) is 0 Å². The number of amides is 1. The van der Waals surface area contributed by atoms with E-state index in [2.05, 4.69) is 17.6 Å². The molecule has 0 radical (unpaired) electrons. The maximum atomic E-state index is 11.9. The van der Waals surface area contributed by atoms with E-state index in [-0.39, 0.29) is 18.3 Å². The molecule has 0 aromatic carbocycles. The van der Waals surface area contributed by atoms with Gasteiger partial charge in [-0.2, -0.15) is 11.8 Å². The summed E-state index contributed by atoms with van der Waals surface area (Å²) in [5.41, 5.74) is 0. The summed E-state index contributed by atoms with van der Waals surface area (Å²) in [5, 5.41) is 6.56. The fourth-order valence-electron chi connectivity index (χ4n) is 2.99. The summed E-state index contributed by atoms with van der Waals surface area (Å²) in [6, 6.07) is 0.382. The van der Waals surface area contributed by atoms with Crippen LogP contribution in [0.15, 0.2) is 0 Å². The summed E-state index contributed by atoms with van der Waals surface area (Å²) in [6.45, 7) is 4.26. The van der Waals surface area contributed by atoms with Gasteiger partial charge in [0.2, 0.25) is 5.91 Å². The third kappa shape index (κ3) is 5.92. The van der Waals surface area contributed by atoms with Gasteiger partial charge in [-0.3, -0.25) is 4.79 Å². The van der Waals surface area contributed by atoms with Gasteiger partial charge in [0, 0.05) is 37.1 Å². The summed E-state index contributed by atoms with van der Waals surface area (Å²) in [4.78, 5) is 11.9. The zero-order valence-electron chi connectivity index (χ0n) is 11.8. The van der Waals surface area contributed by atoms with Gasteiger partial charge in [0.25, 0.3) is 0 Å². The van der Waals surface area contributed by atoms with Gasteiger partial charge in [-0.05, 0) is 18.3 Å². The molecule has 1 saturated heterocycles. The van der Waals surface area contributed by atoms with Gasteiger partial charge < -0.3 is 10.6 Å². The molecule has 2 rings (SSSR count). The Morgan fingerprint density at radius 2 is 2.16 bits per heavy atom. The van der Waals surface area contributed by atoms with Gasteiger partial charge in [0.05, 0.1) is 0 Å². The smallest absolute Gasteiger partial charge is 0.221 e. The topological polar surface area (TPSA) is 41.1 Å². The third-order valence-electron chi connectivity index (χ3n) is 4.28. The number of hydrogen-bond donors (Lipinski definition) is 2. The SMILES string of the molecule is CC1CCCCC1CNC(=O)CC1CSCCN1.Cl. The first-order valence-electron chi connectivity index (χ1n) is 7.33. The van der Waals surface area contributed by atoms with Crippen molar-refractivity contribution in [2.24, 2.45) is 11.8 Å². The molecule has 3 unspecified atom stereocenters. The van der Waals surface area contributed by atoms with E-state index in [0.717, 1.165) is 24.8 Å². The maximum Gasteiger partial charge on any atom is 0.221 e. The van der Waals surface area contributed by atoms with Crippen molar-refractivity contribution in [3.05, 3.63) is 0 Å². The predicted octanol–water partition coefficient (Wildman–Crippen LogP) is 2.45. The molecule has 1 amide bonds. The number of carbonyl (C=O) groups excluding carboxylic acids is 1. The van der Waals surface area contributed by atoms with Crippen LogP contribution < -0.4 is 10.6 Å². The molecule has 0 aromatic heterocycles. The molecular weight excluding hydrogens is 280 g/mol. The Kier molecular flexibility index (Phi) is 8.19. The zero-order chi connectivity index (χ0) is 12.8. The minimum Gasteiger partial charge on any atom is -0.356 e. The van der Waals surface area contributed by atoms with Crippen LogP contribution in [0.3, 0.4) is 0 Å². The monoisotopic (exact) mass is 306 g/mol. The lowest BCUT2D eigenvalue weighted by Crippen LogP contribution is -2.42. The van der Waals surface area contributed by atoms with Gasteiger partial charge in [0.15, 0.2) is 0 Å². The first-order chi connectivity index (χ1) is 8.75. The van der Waals surface area contributed by atoms with Crippen molar-refractivity contribution in [2.75, 3.05) is 24.6 Å². The largest absolute Gasteiger partial charge is 0.356 e. The summed E-state index contributed by atoms with van der Waals surface area (Å²) in [7, 11) is 0. The highest BCUT2D eigenvalue weighted by atomic mass is 35.5. The van der Waals surface area contributed by atoms with Gasteiger partial charge in [-0.25, -0.2) is 0 Å². The zero-order valence-corrected chi connectivity index (χ0v) is 13.5. The standard InChI is InChI=1S/C14H26N2OS.ClH/c1-11-4-2-3-5-12(11)9-16-14(17)8-13-10-18-7-6-15-13;/h11-13,15H,2-10H2,1H3,(H,16,17);1H. The van der Waals surface area contributed by atoms with E-state index in [0.29, 0.717) is 18.4 Å². The van der Waals surface area contributed by atoms with Crippen molar-refractivity contribution in [3.8, 4) is 0 Å². The number of nitrogens with one attached hydrogen (secondary N) is 2. The van der Waals surface area contributed by atoms with Crippen LogP contribution in [0.2, 0.25) is 0 Å². The lowest BCUT2D eigenvalue weighted by molar-refractivity contribution is -0.121. The van der Waals surface area contributed by atoms with Gasteiger partial charge in [-0.15, -0.1) is 12.4 Å². The Balaban J connectivity index is 0.00000180. The lowest BCUT2D eigenvalue weighted by atomic mass is 9.80. The summed E-state index contributed by atoms with van der Waals surface area (Å²) < 4.78 is 0. The van der Waals surface area contributed by atoms with Crippen LogP contribution in [-0.4, -0.2) is 36.5 Å². The second kappa shape index (κ2) is 9.09. The van der Waals surface area contributed by atoms with Crippen LogP contribution >= 0.6 is 24.2 Å². The fraction of sp³-hybridized carbons (Fsp3) is 0.929. The number of carbonyl (C=O) groups is 1. The van der Waals surface area contributed by atoms with Gasteiger partial charge in [0.1, 0.15) is 0 Å². The molecule has 112 valence electrons. The Morgan fingerprint density at radius 1 is 1.37 bits per heavy atom. The molecule has 0 bridgehead atoms. The molecule has 0 spiro atoms. The third-order valence-corrected chi connectivity index (χ3v) is 5.41. The molecule has 3 nitrogen and oxygen atoms in total. The second-order valence-corrected chi connectivity index (χ2v) is 6.91. The molecule has 5 heteroatoms. The molecule has 1 aliphatic carbocycles. The Morgan fingerprint density at radius 3 is 2.84 bits per heavy atom. The molecule has 1 aliphatic heterocycles. The highest BCUT2D eigenvalue weighted by molar-refractivity contribution is 7.99. The van der Waals surface area contributed by atoms with Crippen molar-refractivity contribution >= 4 is 30.1 Å². The fourth-order valence-corrected chi connectivity index (χ4v) is 3.94. The quantitative estimate of drug-likeness (QED) is 0.838. The second-order valence-electron chi connectivity index (χ2n) is 5.76. The van der Waals surface area contributed by atoms with Crippen LogP contribution in [-0.2, 0) is 4.79 Å². The minimum atomic E-state index is 0. The molecule has 2 aliphatic rings. The first kappa shape index (κ1) is 17.1. The highest BCUT2D eigenvalue weighted by Crippen LogP contribution is 2.28. The number of rotatable bonds is 4. The molecule has 1 saturated carbocycles. The van der Waals surface area contributed by atoms with Gasteiger partial charge in [-0.1, -0.05) is 26.2 Å². The predicted molar refractivity (Wildman–Crippen MR) is 85.1 cm³/mol. The van der Waals surface area contributed by atoms with Gasteiger partial charge >= 0.3 is 0 Å². The average molecular weight is 307 g/mol. The van der Waals surface area contributed by atoms with Crippen LogP contribution in [0.25, 0.3) is 0 Å². The highest BCUT2D eigenvalue weighted by Gasteiger charge is 2.22. The van der Waals surface area contributed by atoms with Crippen molar-refractivity contribution < 1.29 is 4.79 Å². The molecule has 1 heterocycles. The van der Waals surface area contributed by atoms with Crippen molar-refractivity contribution in [1.29, 1.82) is 0 Å². The van der Waals surface area contributed by atoms with E-state index in [1.807, 2.05) is 11.8 Å². The minimum absolute atomic E-state index is 0. The average Bonchev–Trinajstić information content (AvgIpc) is 2.39. The van der Waals surface area contributed by atoms with Crippen molar-refractivity contribution in [3.63, 3.8) is 0 Å². The number of halogens is 1. The molecule has 2 fully saturated rings. The van der Waals surface area contributed by atoms with E-state index in [1.165, 1.54) is 31.4 Å². The van der Waals surface area contributed by atoms with E-state index in [4.69, 9.17) is 0 Å². The Hall–Kier alpha value is 0.0700. The van der Waals surface area contributed by atoms with Crippen molar-refractivity contribution in [1.82, 2.24) is 10.6 Å². The normalized spacial score (nSPS) is 31.3. The Labute approximate surface area is 127 Å². The lowest BCUT2D eigenvalue weighted by Gasteiger charge is -2.29.